The number of likely N-dealkylation sites (N-methyl/N-ethyl adjacent to an activating group) is 1. The molecule has 1 aliphatic heterocycles. The Balaban J connectivity index is 1.49. The molecule has 10 nitrogen and oxygen atoms in total. The molecule has 0 saturated heterocycles. The van der Waals surface area contributed by atoms with Crippen LogP contribution < -0.4 is 20.3 Å². The molecule has 0 bridgehead atoms. The number of aryl methyl sites for hydroxylation is 1. The monoisotopic (exact) mass is 543 g/mol. The Morgan fingerprint density at radius 1 is 1.10 bits per heavy atom. The molecule has 2 aromatic heterocycles. The van der Waals surface area contributed by atoms with Gasteiger partial charge in [0.05, 0.1) is 36.7 Å². The van der Waals surface area contributed by atoms with Crippen molar-refractivity contribution in [1.29, 1.82) is 0 Å². The molecular weight excluding hydrogens is 508 g/mol. The number of methoxy groups -OCH3 is 1. The SMILES string of the molecule is COc1c(F)cc(Cn2cc(CNc3nc(C)c4c(n3)N(C)[C@@H](C(C)(C)OC(C)(C)C)C(=O)N4)cn2)cc1F. The van der Waals surface area contributed by atoms with Gasteiger partial charge in [0.2, 0.25) is 11.9 Å². The quantitative estimate of drug-likeness (QED) is 0.434. The zero-order valence-corrected chi connectivity index (χ0v) is 23.5. The number of amides is 1. The number of nitrogens with zero attached hydrogens (tertiary/aromatic N) is 5. The molecule has 0 aliphatic carbocycles. The molecule has 39 heavy (non-hydrogen) atoms. The van der Waals surface area contributed by atoms with Gasteiger partial charge < -0.3 is 25.0 Å². The molecule has 3 aromatic rings. The number of rotatable bonds is 8. The van der Waals surface area contributed by atoms with E-state index in [0.29, 0.717) is 35.3 Å². The number of ether oxygens (including phenoxy) is 2. The number of hydrogen-bond acceptors (Lipinski definition) is 8. The first-order chi connectivity index (χ1) is 18.2. The average molecular weight is 544 g/mol. The Hall–Kier alpha value is -3.80. The van der Waals surface area contributed by atoms with E-state index in [1.165, 1.54) is 19.2 Å². The summed E-state index contributed by atoms with van der Waals surface area (Å²) in [6, 6.07) is 1.83. The summed E-state index contributed by atoms with van der Waals surface area (Å²) in [5.41, 5.74) is 1.17. The van der Waals surface area contributed by atoms with E-state index in [2.05, 4.69) is 25.7 Å². The van der Waals surface area contributed by atoms with Crippen LogP contribution in [0.15, 0.2) is 24.5 Å². The maximum atomic E-state index is 14.0. The molecular formula is C27H35F2N7O3. The van der Waals surface area contributed by atoms with Crippen LogP contribution in [0.4, 0.5) is 26.2 Å². The normalized spacial score (nSPS) is 15.7. The van der Waals surface area contributed by atoms with Crippen molar-refractivity contribution in [2.45, 2.75) is 71.9 Å². The molecule has 0 radical (unpaired) electrons. The largest absolute Gasteiger partial charge is 0.491 e. The van der Waals surface area contributed by atoms with Crippen molar-refractivity contribution in [3.8, 4) is 5.75 Å². The van der Waals surface area contributed by atoms with E-state index in [1.807, 2.05) is 53.5 Å². The van der Waals surface area contributed by atoms with Gasteiger partial charge in [0.25, 0.3) is 0 Å². The molecule has 1 aliphatic rings. The van der Waals surface area contributed by atoms with Gasteiger partial charge in [-0.2, -0.15) is 10.1 Å². The zero-order chi connectivity index (χ0) is 28.7. The fourth-order valence-corrected chi connectivity index (χ4v) is 5.01. The molecule has 12 heteroatoms. The molecule has 210 valence electrons. The second-order valence-corrected chi connectivity index (χ2v) is 11.1. The lowest BCUT2D eigenvalue weighted by Crippen LogP contribution is -2.60. The van der Waals surface area contributed by atoms with E-state index in [1.54, 1.807) is 17.1 Å². The van der Waals surface area contributed by atoms with Crippen LogP contribution in [0.5, 0.6) is 5.75 Å². The van der Waals surface area contributed by atoms with Crippen LogP contribution in [0.2, 0.25) is 0 Å². The molecule has 4 rings (SSSR count). The Kier molecular flexibility index (Phi) is 7.53. The molecule has 0 saturated carbocycles. The summed E-state index contributed by atoms with van der Waals surface area (Å²) in [5, 5.41) is 10.4. The Morgan fingerprint density at radius 2 is 1.77 bits per heavy atom. The van der Waals surface area contributed by atoms with Gasteiger partial charge in [0.15, 0.2) is 23.2 Å². The summed E-state index contributed by atoms with van der Waals surface area (Å²) in [5.74, 6) is -1.16. The van der Waals surface area contributed by atoms with Crippen LogP contribution in [0, 0.1) is 18.6 Å². The first kappa shape index (κ1) is 28.2. The number of halogens is 2. The summed E-state index contributed by atoms with van der Waals surface area (Å²) in [4.78, 5) is 24.1. The molecule has 3 heterocycles. The molecule has 1 aromatic carbocycles. The highest BCUT2D eigenvalue weighted by atomic mass is 19.1. The van der Waals surface area contributed by atoms with Crippen molar-refractivity contribution in [2.75, 3.05) is 29.7 Å². The number of anilines is 3. The molecule has 0 unspecified atom stereocenters. The number of nitrogens with one attached hydrogen (secondary N) is 2. The van der Waals surface area contributed by atoms with Gasteiger partial charge in [-0.3, -0.25) is 9.48 Å². The van der Waals surface area contributed by atoms with Gasteiger partial charge in [0, 0.05) is 25.4 Å². The molecule has 1 atom stereocenters. The number of carbonyl (C=O) groups is 1. The lowest BCUT2D eigenvalue weighted by atomic mass is 9.93. The summed E-state index contributed by atoms with van der Waals surface area (Å²) < 4.78 is 40.6. The smallest absolute Gasteiger partial charge is 0.250 e. The minimum atomic E-state index is -0.800. The summed E-state index contributed by atoms with van der Waals surface area (Å²) in [7, 11) is 3.04. The highest BCUT2D eigenvalue weighted by Crippen LogP contribution is 2.37. The zero-order valence-electron chi connectivity index (χ0n) is 23.5. The molecule has 0 spiro atoms. The highest BCUT2D eigenvalue weighted by Gasteiger charge is 2.45. The van der Waals surface area contributed by atoms with Crippen molar-refractivity contribution in [2.24, 2.45) is 0 Å². The second-order valence-electron chi connectivity index (χ2n) is 11.1. The standard InChI is InChI=1S/C27H35F2N7O3/c1-15-20-23(35(7)22(24(37)33-20)27(5,6)39-26(2,3)4)34-25(32-15)30-11-17-12-31-36(14-17)13-16-9-18(28)21(38-8)19(29)10-16/h9-10,12,14,22H,11,13H2,1-8H3,(H,33,37)(H,30,32,34)/t22-/m1/s1. The van der Waals surface area contributed by atoms with Crippen molar-refractivity contribution in [1.82, 2.24) is 19.7 Å². The van der Waals surface area contributed by atoms with Gasteiger partial charge >= 0.3 is 0 Å². The van der Waals surface area contributed by atoms with Crippen LogP contribution in [0.1, 0.15) is 51.4 Å². The Labute approximate surface area is 226 Å². The number of hydrogen-bond donors (Lipinski definition) is 2. The van der Waals surface area contributed by atoms with Crippen molar-refractivity contribution in [3.05, 3.63) is 53.0 Å². The van der Waals surface area contributed by atoms with Crippen LogP contribution in [0.25, 0.3) is 0 Å². The van der Waals surface area contributed by atoms with Gasteiger partial charge in [-0.05, 0) is 59.2 Å². The van der Waals surface area contributed by atoms with Gasteiger partial charge in [0.1, 0.15) is 11.7 Å². The van der Waals surface area contributed by atoms with E-state index >= 15 is 0 Å². The van der Waals surface area contributed by atoms with E-state index in [9.17, 15) is 13.6 Å². The molecule has 2 N–H and O–H groups in total. The number of benzene rings is 1. The highest BCUT2D eigenvalue weighted by molar-refractivity contribution is 6.04. The van der Waals surface area contributed by atoms with E-state index < -0.39 is 34.6 Å². The maximum Gasteiger partial charge on any atom is 0.250 e. The summed E-state index contributed by atoms with van der Waals surface area (Å²) in [6.45, 7) is 12.0. The first-order valence-electron chi connectivity index (χ1n) is 12.6. The van der Waals surface area contributed by atoms with E-state index in [0.717, 1.165) is 5.56 Å². The third-order valence-electron chi connectivity index (χ3n) is 6.26. The topological polar surface area (TPSA) is 106 Å². The number of aromatic nitrogens is 4. The van der Waals surface area contributed by atoms with Crippen molar-refractivity contribution < 1.29 is 23.0 Å². The van der Waals surface area contributed by atoms with Crippen LogP contribution in [-0.2, 0) is 22.6 Å². The third-order valence-corrected chi connectivity index (χ3v) is 6.26. The van der Waals surface area contributed by atoms with Crippen LogP contribution in [0.3, 0.4) is 0 Å². The van der Waals surface area contributed by atoms with Gasteiger partial charge in [-0.15, -0.1) is 0 Å². The Bertz CT molecular complexity index is 1360. The predicted octanol–water partition coefficient (Wildman–Crippen LogP) is 4.28. The maximum absolute atomic E-state index is 14.0. The Morgan fingerprint density at radius 3 is 2.38 bits per heavy atom. The lowest BCUT2D eigenvalue weighted by Gasteiger charge is -2.45. The average Bonchev–Trinajstić information content (AvgIpc) is 3.24. The van der Waals surface area contributed by atoms with Crippen LogP contribution in [-0.4, -0.2) is 57.1 Å². The lowest BCUT2D eigenvalue weighted by molar-refractivity contribution is -0.142. The molecule has 0 fully saturated rings. The fraction of sp³-hybridized carbons (Fsp3) is 0.481. The van der Waals surface area contributed by atoms with E-state index in [-0.39, 0.29) is 12.5 Å². The van der Waals surface area contributed by atoms with Crippen molar-refractivity contribution in [3.63, 3.8) is 0 Å². The fourth-order valence-electron chi connectivity index (χ4n) is 5.01. The van der Waals surface area contributed by atoms with Gasteiger partial charge in [-0.1, -0.05) is 0 Å². The number of carbonyl (C=O) groups excluding carboxylic acids is 1. The third kappa shape index (κ3) is 6.11. The van der Waals surface area contributed by atoms with E-state index in [4.69, 9.17) is 9.47 Å². The van der Waals surface area contributed by atoms with Crippen molar-refractivity contribution >= 4 is 23.4 Å². The first-order valence-corrected chi connectivity index (χ1v) is 12.6. The minimum Gasteiger partial charge on any atom is -0.491 e. The second kappa shape index (κ2) is 10.4. The minimum absolute atomic E-state index is 0.185. The van der Waals surface area contributed by atoms with Gasteiger partial charge in [-0.25, -0.2) is 13.8 Å². The molecule has 1 amide bonds. The summed E-state index contributed by atoms with van der Waals surface area (Å²) in [6.07, 6.45) is 3.43. The number of fused-ring (bicyclic) bond motifs is 1. The van der Waals surface area contributed by atoms with Crippen LogP contribution >= 0.6 is 0 Å². The predicted molar refractivity (Wildman–Crippen MR) is 144 cm³/mol. The summed E-state index contributed by atoms with van der Waals surface area (Å²) >= 11 is 0.